The molecule has 4 saturated carbocycles. The van der Waals surface area contributed by atoms with Gasteiger partial charge in [-0.2, -0.15) is 0 Å². The first-order valence-electron chi connectivity index (χ1n) is 14.4. The number of hydrogen-bond acceptors (Lipinski definition) is 6. The van der Waals surface area contributed by atoms with Crippen LogP contribution in [-0.2, 0) is 14.3 Å². The summed E-state index contributed by atoms with van der Waals surface area (Å²) < 4.78 is 5.41. The Morgan fingerprint density at radius 2 is 1.72 bits per heavy atom. The second kappa shape index (κ2) is 9.34. The standard InChI is InChI=1S/C30H50O6/c1-17(2)18(3)8-9-19(4)22-10-11-23-26-24(32)15-29(34)14-21(36-20(5)31)12-13-28(29,7)30(26,35)25(33)16-27(22,23)6/h17-19,21-23,25-26,33-35H,8-16H2,1-7H3/t18-,19+,21+,22+,23-,25+,26-,27-,28+,29-,30+/m0/s1. The number of aliphatic hydroxyl groups is 3. The third-order valence-corrected chi connectivity index (χ3v) is 12.0. The Morgan fingerprint density at radius 1 is 1.06 bits per heavy atom. The molecule has 0 aromatic heterocycles. The lowest BCUT2D eigenvalue weighted by Crippen LogP contribution is -2.78. The molecule has 0 aromatic rings. The normalized spacial score (nSPS) is 48.1. The van der Waals surface area contributed by atoms with E-state index in [0.717, 1.165) is 19.3 Å². The number of aliphatic hydroxyl groups excluding tert-OH is 1. The number of ketones is 1. The molecule has 0 radical (unpaired) electrons. The summed E-state index contributed by atoms with van der Waals surface area (Å²) in [5, 5.41) is 36.0. The molecule has 0 aromatic carbocycles. The summed E-state index contributed by atoms with van der Waals surface area (Å²) in [5.41, 5.74) is -4.47. The number of fused-ring (bicyclic) bond motifs is 5. The number of hydrogen-bond donors (Lipinski definition) is 3. The zero-order valence-corrected chi connectivity index (χ0v) is 23.5. The number of carbonyl (C=O) groups is 2. The molecule has 0 spiro atoms. The third kappa shape index (κ3) is 4.00. The minimum atomic E-state index is -1.69. The second-order valence-electron chi connectivity index (χ2n) is 14.1. The molecule has 0 unspecified atom stereocenters. The molecule has 0 aliphatic heterocycles. The Morgan fingerprint density at radius 3 is 2.33 bits per heavy atom. The monoisotopic (exact) mass is 506 g/mol. The van der Waals surface area contributed by atoms with E-state index in [4.69, 9.17) is 4.74 Å². The Balaban J connectivity index is 1.62. The largest absolute Gasteiger partial charge is 0.462 e. The molecule has 4 rings (SSSR count). The van der Waals surface area contributed by atoms with Crippen molar-refractivity contribution in [2.75, 3.05) is 0 Å². The van der Waals surface area contributed by atoms with Crippen LogP contribution in [0.2, 0.25) is 0 Å². The predicted molar refractivity (Wildman–Crippen MR) is 138 cm³/mol. The fourth-order valence-electron chi connectivity index (χ4n) is 9.37. The van der Waals surface area contributed by atoms with Crippen molar-refractivity contribution in [2.45, 2.75) is 130 Å². The van der Waals surface area contributed by atoms with E-state index in [2.05, 4.69) is 34.6 Å². The molecule has 0 saturated heterocycles. The van der Waals surface area contributed by atoms with Crippen LogP contribution in [0.4, 0.5) is 0 Å². The van der Waals surface area contributed by atoms with Crippen molar-refractivity contribution >= 4 is 11.8 Å². The molecule has 4 fully saturated rings. The van der Waals surface area contributed by atoms with Gasteiger partial charge in [0.2, 0.25) is 0 Å². The van der Waals surface area contributed by atoms with Gasteiger partial charge in [-0.1, -0.05) is 54.4 Å². The van der Waals surface area contributed by atoms with E-state index >= 15 is 0 Å². The van der Waals surface area contributed by atoms with E-state index in [1.54, 1.807) is 0 Å². The first-order valence-corrected chi connectivity index (χ1v) is 14.4. The van der Waals surface area contributed by atoms with Crippen molar-refractivity contribution in [1.82, 2.24) is 0 Å². The molecule has 0 heterocycles. The lowest BCUT2D eigenvalue weighted by molar-refractivity contribution is -0.310. The molecule has 11 atom stereocenters. The van der Waals surface area contributed by atoms with Crippen molar-refractivity contribution in [3.05, 3.63) is 0 Å². The molecule has 206 valence electrons. The summed E-state index contributed by atoms with van der Waals surface area (Å²) in [6, 6.07) is 0. The molecule has 6 heteroatoms. The van der Waals surface area contributed by atoms with Crippen molar-refractivity contribution < 1.29 is 29.6 Å². The maximum atomic E-state index is 13.8. The van der Waals surface area contributed by atoms with Gasteiger partial charge in [-0.25, -0.2) is 0 Å². The maximum absolute atomic E-state index is 13.8. The molecule has 3 N–H and O–H groups in total. The smallest absolute Gasteiger partial charge is 0.302 e. The highest BCUT2D eigenvalue weighted by Gasteiger charge is 2.76. The van der Waals surface area contributed by atoms with E-state index in [-0.39, 0.29) is 30.0 Å². The molecular formula is C30H50O6. The topological polar surface area (TPSA) is 104 Å². The van der Waals surface area contributed by atoms with Crippen LogP contribution in [0.3, 0.4) is 0 Å². The summed E-state index contributed by atoms with van der Waals surface area (Å²) >= 11 is 0. The Kier molecular flexibility index (Phi) is 7.27. The highest BCUT2D eigenvalue weighted by atomic mass is 16.5. The van der Waals surface area contributed by atoms with Gasteiger partial charge in [0.15, 0.2) is 0 Å². The van der Waals surface area contributed by atoms with Crippen LogP contribution in [-0.4, -0.2) is 50.5 Å². The van der Waals surface area contributed by atoms with Gasteiger partial charge in [-0.05, 0) is 67.1 Å². The quantitative estimate of drug-likeness (QED) is 0.453. The Bertz CT molecular complexity index is 872. The van der Waals surface area contributed by atoms with Crippen LogP contribution in [0.25, 0.3) is 0 Å². The highest BCUT2D eigenvalue weighted by Crippen LogP contribution is 2.70. The third-order valence-electron chi connectivity index (χ3n) is 12.0. The average molecular weight is 507 g/mol. The number of carbonyl (C=O) groups excluding carboxylic acids is 2. The number of rotatable bonds is 6. The lowest BCUT2D eigenvalue weighted by Gasteiger charge is -2.68. The highest BCUT2D eigenvalue weighted by molar-refractivity contribution is 5.86. The summed E-state index contributed by atoms with van der Waals surface area (Å²) in [6.07, 6.45) is 4.06. The van der Waals surface area contributed by atoms with Crippen LogP contribution >= 0.6 is 0 Å². The summed E-state index contributed by atoms with van der Waals surface area (Å²) in [5.74, 6) is 0.998. The SMILES string of the molecule is CC(=O)O[C@@H]1CC[C@]2(C)[C@@](O)(CC(=O)[C@@H]3[C@@H]4CC[C@H]([C@H](C)CC[C@H](C)C(C)C)[C@]4(C)C[C@@H](O)[C@@]32O)C1. The van der Waals surface area contributed by atoms with E-state index in [9.17, 15) is 24.9 Å². The minimum Gasteiger partial charge on any atom is -0.462 e. The van der Waals surface area contributed by atoms with Gasteiger partial charge in [0.1, 0.15) is 17.5 Å². The first kappa shape index (κ1) is 28.0. The molecule has 6 nitrogen and oxygen atoms in total. The summed E-state index contributed by atoms with van der Waals surface area (Å²) in [6.45, 7) is 14.6. The first-order chi connectivity index (χ1) is 16.6. The molecule has 4 aliphatic rings. The second-order valence-corrected chi connectivity index (χ2v) is 14.1. The molecule has 36 heavy (non-hydrogen) atoms. The van der Waals surface area contributed by atoms with Crippen LogP contribution in [0.5, 0.6) is 0 Å². The van der Waals surface area contributed by atoms with E-state index < -0.39 is 40.7 Å². The van der Waals surface area contributed by atoms with Crippen LogP contribution < -0.4 is 0 Å². The summed E-state index contributed by atoms with van der Waals surface area (Å²) in [7, 11) is 0. The van der Waals surface area contributed by atoms with Gasteiger partial charge in [-0.15, -0.1) is 0 Å². The van der Waals surface area contributed by atoms with Crippen LogP contribution in [0.1, 0.15) is 106 Å². The van der Waals surface area contributed by atoms with Crippen molar-refractivity contribution in [2.24, 2.45) is 46.3 Å². The zero-order chi connectivity index (χ0) is 26.8. The predicted octanol–water partition coefficient (Wildman–Crippen LogP) is 4.67. The summed E-state index contributed by atoms with van der Waals surface area (Å²) in [4.78, 5) is 25.4. The number of ether oxygens (including phenoxy) is 1. The van der Waals surface area contributed by atoms with E-state index in [0.29, 0.717) is 42.9 Å². The fourth-order valence-corrected chi connectivity index (χ4v) is 9.37. The molecule has 0 bridgehead atoms. The van der Waals surface area contributed by atoms with E-state index in [1.165, 1.54) is 13.3 Å². The van der Waals surface area contributed by atoms with Crippen molar-refractivity contribution in [3.63, 3.8) is 0 Å². The Hall–Kier alpha value is -0.980. The van der Waals surface area contributed by atoms with Crippen LogP contribution in [0, 0.1) is 46.3 Å². The van der Waals surface area contributed by atoms with Crippen molar-refractivity contribution in [1.29, 1.82) is 0 Å². The fraction of sp³-hybridized carbons (Fsp3) is 0.933. The molecule has 4 aliphatic carbocycles. The van der Waals surface area contributed by atoms with Crippen LogP contribution in [0.15, 0.2) is 0 Å². The Labute approximate surface area is 217 Å². The average Bonchev–Trinajstić information content (AvgIpc) is 3.09. The lowest BCUT2D eigenvalue weighted by atomic mass is 9.39. The maximum Gasteiger partial charge on any atom is 0.302 e. The minimum absolute atomic E-state index is 0.000871. The van der Waals surface area contributed by atoms with Crippen molar-refractivity contribution in [3.8, 4) is 0 Å². The number of Topliss-reactive ketones (excluding diaryl/α,β-unsaturated/α-hetero) is 1. The molecule has 0 amide bonds. The van der Waals surface area contributed by atoms with Gasteiger partial charge >= 0.3 is 5.97 Å². The van der Waals surface area contributed by atoms with E-state index in [1.807, 2.05) is 6.92 Å². The van der Waals surface area contributed by atoms with Gasteiger partial charge in [-0.3, -0.25) is 9.59 Å². The molecular weight excluding hydrogens is 456 g/mol. The van der Waals surface area contributed by atoms with Gasteiger partial charge in [0.05, 0.1) is 17.6 Å². The van der Waals surface area contributed by atoms with Gasteiger partial charge < -0.3 is 20.1 Å². The zero-order valence-electron chi connectivity index (χ0n) is 23.5. The number of esters is 1. The van der Waals surface area contributed by atoms with Gasteiger partial charge in [0.25, 0.3) is 0 Å². The van der Waals surface area contributed by atoms with Gasteiger partial charge in [0, 0.05) is 25.2 Å².